The maximum Gasteiger partial charge on any atom is 0.320 e. The summed E-state index contributed by atoms with van der Waals surface area (Å²) >= 11 is 12.3. The normalized spacial score (nSPS) is 14.1. The number of carbonyl (C=O) groups excluding carboxylic acids is 2. The fourth-order valence-electron chi connectivity index (χ4n) is 3.73. The number of hydrogen-bond acceptors (Lipinski definition) is 5. The maximum atomic E-state index is 13.9. The Morgan fingerprint density at radius 2 is 1.67 bits per heavy atom. The van der Waals surface area contributed by atoms with Gasteiger partial charge in [0, 0.05) is 21.9 Å². The van der Waals surface area contributed by atoms with E-state index in [1.54, 1.807) is 56.3 Å². The molecule has 0 aliphatic rings. The van der Waals surface area contributed by atoms with Gasteiger partial charge >= 0.3 is 12.0 Å². The summed E-state index contributed by atoms with van der Waals surface area (Å²) < 4.78 is 5.87. The zero-order valence-electron chi connectivity index (χ0n) is 18.3. The van der Waals surface area contributed by atoms with Crippen LogP contribution in [0.25, 0.3) is 0 Å². The van der Waals surface area contributed by atoms with Gasteiger partial charge in [0.1, 0.15) is 23.9 Å². The number of benzene rings is 2. The second kappa shape index (κ2) is 10.9. The van der Waals surface area contributed by atoms with E-state index in [1.165, 1.54) is 6.07 Å². The molecule has 2 amide bonds. The smallest absolute Gasteiger partial charge is 0.320 e. The largest absolute Gasteiger partial charge is 0.491 e. The lowest BCUT2D eigenvalue weighted by Crippen LogP contribution is -2.64. The van der Waals surface area contributed by atoms with E-state index in [0.717, 1.165) is 0 Å². The molecule has 0 fully saturated rings. The van der Waals surface area contributed by atoms with Gasteiger partial charge in [-0.1, -0.05) is 55.2 Å². The third kappa shape index (κ3) is 7.35. The number of halogens is 2. The predicted octanol–water partition coefficient (Wildman–Crippen LogP) is 3.42. The van der Waals surface area contributed by atoms with Crippen molar-refractivity contribution >= 4 is 41.0 Å². The van der Waals surface area contributed by atoms with Crippen molar-refractivity contribution in [2.45, 2.75) is 38.3 Å². The number of primary amides is 1. The second-order valence-corrected chi connectivity index (χ2v) is 9.36. The van der Waals surface area contributed by atoms with Gasteiger partial charge in [0.15, 0.2) is 5.78 Å². The summed E-state index contributed by atoms with van der Waals surface area (Å²) in [5.41, 5.74) is 8.79. The highest BCUT2D eigenvalue weighted by Crippen LogP contribution is 2.33. The van der Waals surface area contributed by atoms with Crippen molar-refractivity contribution in [3.8, 4) is 5.75 Å². The van der Waals surface area contributed by atoms with Gasteiger partial charge in [0.2, 0.25) is 0 Å². The van der Waals surface area contributed by atoms with Gasteiger partial charge in [-0.2, -0.15) is 0 Å². The molecule has 8 nitrogen and oxygen atoms in total. The highest BCUT2D eigenvalue weighted by atomic mass is 35.5. The van der Waals surface area contributed by atoms with Gasteiger partial charge < -0.3 is 26.6 Å². The fourth-order valence-corrected chi connectivity index (χ4v) is 4.30. The molecule has 0 radical (unpaired) electrons. The van der Waals surface area contributed by atoms with Gasteiger partial charge in [-0.05, 0) is 42.3 Å². The second-order valence-electron chi connectivity index (χ2n) is 8.49. The quantitative estimate of drug-likeness (QED) is 0.375. The third-order valence-electron chi connectivity index (χ3n) is 5.12. The number of Topliss-reactive ketones (excluding diaryl/α,β-unsaturated/α-hetero) is 1. The molecule has 0 aliphatic carbocycles. The van der Waals surface area contributed by atoms with Gasteiger partial charge in [-0.3, -0.25) is 9.59 Å². The van der Waals surface area contributed by atoms with E-state index >= 15 is 0 Å². The molecule has 178 valence electrons. The third-order valence-corrected chi connectivity index (χ3v) is 5.55. The zero-order chi connectivity index (χ0) is 24.8. The molecule has 0 bridgehead atoms. The lowest BCUT2D eigenvalue weighted by molar-refractivity contribution is -0.141. The van der Waals surface area contributed by atoms with Crippen LogP contribution < -0.4 is 21.5 Å². The molecule has 2 atom stereocenters. The van der Waals surface area contributed by atoms with Gasteiger partial charge in [0.25, 0.3) is 0 Å². The van der Waals surface area contributed by atoms with Crippen molar-refractivity contribution in [1.29, 1.82) is 0 Å². The number of rotatable bonds is 11. The number of carboxylic acid groups (broad SMARTS) is 1. The first-order valence-electron chi connectivity index (χ1n) is 10.1. The van der Waals surface area contributed by atoms with Gasteiger partial charge in [-0.15, -0.1) is 0 Å². The first kappa shape index (κ1) is 26.4. The molecule has 10 heteroatoms. The molecule has 0 heterocycles. The summed E-state index contributed by atoms with van der Waals surface area (Å²) in [7, 11) is 0. The average Bonchev–Trinajstić information content (AvgIpc) is 2.70. The highest BCUT2D eigenvalue weighted by molar-refractivity contribution is 6.34. The van der Waals surface area contributed by atoms with E-state index in [-0.39, 0.29) is 19.4 Å². The van der Waals surface area contributed by atoms with Crippen molar-refractivity contribution in [1.82, 2.24) is 5.32 Å². The Morgan fingerprint density at radius 3 is 2.18 bits per heavy atom. The average molecular weight is 496 g/mol. The lowest BCUT2D eigenvalue weighted by atomic mass is 9.71. The summed E-state index contributed by atoms with van der Waals surface area (Å²) in [4.78, 5) is 37.3. The summed E-state index contributed by atoms with van der Waals surface area (Å²) in [6.45, 7) is 2.83. The minimum atomic E-state index is -1.67. The standard InChI is InChI=1S/C23H27Cl2N3O5/c1-22(2,12-18(26)19(29)30)20(31)23(28-21(27)32,13-33-17-6-4-3-5-7-17)11-14-8-15(24)10-16(25)9-14/h3-10,18H,11-13,26H2,1-2H3,(H,29,30)(H3,27,28,32)/t18-,23?/m0/s1. The van der Waals surface area contributed by atoms with E-state index in [1.807, 2.05) is 0 Å². The minimum absolute atomic E-state index is 0.0619. The fraction of sp³-hybridized carbons (Fsp3) is 0.348. The first-order valence-corrected chi connectivity index (χ1v) is 10.8. The van der Waals surface area contributed by atoms with Crippen LogP contribution in [0.2, 0.25) is 10.0 Å². The number of para-hydroxylation sites is 1. The van der Waals surface area contributed by atoms with Crippen LogP contribution >= 0.6 is 23.2 Å². The molecule has 33 heavy (non-hydrogen) atoms. The van der Waals surface area contributed by atoms with Crippen molar-refractivity contribution < 1.29 is 24.2 Å². The van der Waals surface area contributed by atoms with Crippen LogP contribution in [0.3, 0.4) is 0 Å². The topological polar surface area (TPSA) is 145 Å². The van der Waals surface area contributed by atoms with Crippen LogP contribution in [0.5, 0.6) is 5.75 Å². The molecular weight excluding hydrogens is 469 g/mol. The zero-order valence-corrected chi connectivity index (χ0v) is 19.8. The van der Waals surface area contributed by atoms with Crippen LogP contribution in [0.1, 0.15) is 25.8 Å². The molecule has 2 aromatic carbocycles. The summed E-state index contributed by atoms with van der Waals surface area (Å²) in [5, 5.41) is 12.5. The van der Waals surface area contributed by atoms with Crippen molar-refractivity contribution in [2.75, 3.05) is 6.61 Å². The number of carbonyl (C=O) groups is 3. The predicted molar refractivity (Wildman–Crippen MR) is 127 cm³/mol. The van der Waals surface area contributed by atoms with E-state index in [9.17, 15) is 19.5 Å². The summed E-state index contributed by atoms with van der Waals surface area (Å²) in [6.07, 6.45) is -0.237. The Kier molecular flexibility index (Phi) is 8.71. The SMILES string of the molecule is CC(C)(C[C@H](N)C(=O)O)C(=O)C(COc1ccccc1)(Cc1cc(Cl)cc(Cl)c1)NC(N)=O. The Hall–Kier alpha value is -2.81. The van der Waals surface area contributed by atoms with E-state index in [2.05, 4.69) is 5.32 Å². The van der Waals surface area contributed by atoms with Crippen LogP contribution in [-0.2, 0) is 16.0 Å². The number of urea groups is 1. The van der Waals surface area contributed by atoms with Crippen molar-refractivity contribution in [2.24, 2.45) is 16.9 Å². The monoisotopic (exact) mass is 495 g/mol. The molecule has 6 N–H and O–H groups in total. The Bertz CT molecular complexity index is 996. The van der Waals surface area contributed by atoms with Gasteiger partial charge in [0.05, 0.1) is 0 Å². The Balaban J connectivity index is 2.54. The summed E-state index contributed by atoms with van der Waals surface area (Å²) in [6, 6.07) is 11.2. The number of carboxylic acids is 1. The number of nitrogens with one attached hydrogen (secondary N) is 1. The van der Waals surface area contributed by atoms with Crippen LogP contribution in [0, 0.1) is 5.41 Å². The Labute approximate surface area is 202 Å². The van der Waals surface area contributed by atoms with Crippen molar-refractivity contribution in [3.05, 3.63) is 64.1 Å². The molecule has 0 saturated carbocycles. The van der Waals surface area contributed by atoms with Crippen molar-refractivity contribution in [3.63, 3.8) is 0 Å². The number of ketones is 1. The van der Waals surface area contributed by atoms with E-state index < -0.39 is 34.8 Å². The number of ether oxygens (including phenoxy) is 1. The summed E-state index contributed by atoms with van der Waals surface area (Å²) in [5.74, 6) is -1.28. The van der Waals surface area contributed by atoms with Crippen LogP contribution in [0.4, 0.5) is 4.79 Å². The molecule has 1 unspecified atom stereocenters. The van der Waals surface area contributed by atoms with Gasteiger partial charge in [-0.25, -0.2) is 4.79 Å². The number of amides is 2. The number of aliphatic carboxylic acids is 1. The molecule has 2 rings (SSSR count). The van der Waals surface area contributed by atoms with Crippen LogP contribution in [0.15, 0.2) is 48.5 Å². The minimum Gasteiger partial charge on any atom is -0.491 e. The molecule has 0 aliphatic heterocycles. The molecular formula is C23H27Cl2N3O5. The molecule has 0 spiro atoms. The number of nitrogens with two attached hydrogens (primary N) is 2. The molecule has 0 saturated heterocycles. The highest BCUT2D eigenvalue weighted by Gasteiger charge is 2.48. The maximum absolute atomic E-state index is 13.9. The van der Waals surface area contributed by atoms with E-state index in [4.69, 9.17) is 39.4 Å². The van der Waals surface area contributed by atoms with Crippen LogP contribution in [-0.4, -0.2) is 41.1 Å². The molecule has 0 aromatic heterocycles. The Morgan fingerprint density at radius 1 is 1.09 bits per heavy atom. The number of hydrogen-bond donors (Lipinski definition) is 4. The molecule has 2 aromatic rings. The lowest BCUT2D eigenvalue weighted by Gasteiger charge is -2.39. The van der Waals surface area contributed by atoms with E-state index in [0.29, 0.717) is 21.4 Å². The first-order chi connectivity index (χ1) is 15.3.